The van der Waals surface area contributed by atoms with Crippen molar-refractivity contribution in [2.24, 2.45) is 5.92 Å². The smallest absolute Gasteiger partial charge is 0.301 e. The van der Waals surface area contributed by atoms with Gasteiger partial charge in [0.1, 0.15) is 29.5 Å². The molecule has 0 bridgehead atoms. The first kappa shape index (κ1) is 45.5. The zero-order valence-corrected chi connectivity index (χ0v) is 38.1. The second-order valence-corrected chi connectivity index (χ2v) is 20.0. The number of alkyl halides is 1. The summed E-state index contributed by atoms with van der Waals surface area (Å²) in [6.45, 7) is 8.34. The number of hydrogen-bond acceptors (Lipinski definition) is 12. The number of nitrogens with one attached hydrogen (secondary N) is 3. The van der Waals surface area contributed by atoms with Crippen LogP contribution in [0.3, 0.4) is 0 Å². The lowest BCUT2D eigenvalue weighted by molar-refractivity contribution is -0.136. The highest BCUT2D eigenvalue weighted by atomic mass is 32.2. The largest absolute Gasteiger partial charge is 0.372 e. The molecule has 4 saturated heterocycles. The van der Waals surface area contributed by atoms with Gasteiger partial charge in [0.05, 0.1) is 17.3 Å². The van der Waals surface area contributed by atoms with Crippen LogP contribution < -0.4 is 14.9 Å². The fourth-order valence-corrected chi connectivity index (χ4v) is 11.4. The van der Waals surface area contributed by atoms with Gasteiger partial charge in [-0.2, -0.15) is 12.7 Å². The van der Waals surface area contributed by atoms with E-state index < -0.39 is 63.5 Å². The molecule has 68 heavy (non-hydrogen) atoms. The number of carbonyl (C=O) groups is 4. The van der Waals surface area contributed by atoms with Gasteiger partial charge >= 0.3 is 10.2 Å². The minimum Gasteiger partial charge on any atom is -0.372 e. The van der Waals surface area contributed by atoms with E-state index in [-0.39, 0.29) is 53.8 Å². The number of carbonyl (C=O) groups excluding carboxylic acids is 4. The third-order valence-corrected chi connectivity index (χ3v) is 15.6. The maximum Gasteiger partial charge on any atom is 0.301 e. The lowest BCUT2D eigenvalue weighted by atomic mass is 9.95. The molecule has 17 nitrogen and oxygen atoms in total. The van der Waals surface area contributed by atoms with E-state index >= 15 is 8.78 Å². The van der Waals surface area contributed by atoms with Gasteiger partial charge in [0.25, 0.3) is 5.91 Å². The average molecular weight is 954 g/mol. The highest BCUT2D eigenvalue weighted by molar-refractivity contribution is 7.90. The molecule has 5 aliphatic heterocycles. The Morgan fingerprint density at radius 2 is 1.65 bits per heavy atom. The number of piperazine rings is 1. The fourth-order valence-electron chi connectivity index (χ4n) is 10.1. The number of halogens is 3. The normalized spacial score (nSPS) is 21.7. The molecular weight excluding hydrogens is 904 g/mol. The predicted molar refractivity (Wildman–Crippen MR) is 244 cm³/mol. The van der Waals surface area contributed by atoms with Gasteiger partial charge in [-0.1, -0.05) is 0 Å². The molecule has 0 spiro atoms. The summed E-state index contributed by atoms with van der Waals surface area (Å²) in [6.07, 6.45) is 7.54. The Bertz CT molecular complexity index is 2920. The third kappa shape index (κ3) is 8.83. The summed E-state index contributed by atoms with van der Waals surface area (Å²) >= 11 is 0. The number of piperidine rings is 2. The van der Waals surface area contributed by atoms with Crippen LogP contribution in [0.25, 0.3) is 22.2 Å². The second-order valence-electron chi connectivity index (χ2n) is 18.3. The van der Waals surface area contributed by atoms with Crippen molar-refractivity contribution in [2.45, 2.75) is 63.8 Å². The second kappa shape index (κ2) is 18.3. The molecule has 3 amide bonds. The summed E-state index contributed by atoms with van der Waals surface area (Å²) in [5.41, 5.74) is 2.39. The summed E-state index contributed by atoms with van der Waals surface area (Å²) < 4.78 is 73.1. The fraction of sp³-hybridized carbons (Fsp3) is 0.426. The maximum atomic E-state index is 15.8. The van der Waals surface area contributed by atoms with Gasteiger partial charge in [0, 0.05) is 130 Å². The van der Waals surface area contributed by atoms with Gasteiger partial charge in [-0.15, -0.1) is 0 Å². The number of imide groups is 1. The van der Waals surface area contributed by atoms with E-state index in [2.05, 4.69) is 43.0 Å². The first-order valence-electron chi connectivity index (χ1n) is 22.9. The number of aromatic nitrogens is 4. The van der Waals surface area contributed by atoms with Gasteiger partial charge in [0.15, 0.2) is 5.82 Å². The van der Waals surface area contributed by atoms with Crippen LogP contribution >= 0.6 is 0 Å². The maximum absolute atomic E-state index is 15.8. The molecule has 356 valence electrons. The first-order valence-corrected chi connectivity index (χ1v) is 24.4. The van der Waals surface area contributed by atoms with Gasteiger partial charge in [-0.25, -0.2) is 28.1 Å². The van der Waals surface area contributed by atoms with Crippen LogP contribution in [0.2, 0.25) is 0 Å². The number of benzene rings is 2. The van der Waals surface area contributed by atoms with Gasteiger partial charge in [-0.05, 0) is 80.5 Å². The van der Waals surface area contributed by atoms with Gasteiger partial charge in [0.2, 0.25) is 17.6 Å². The number of pyridine rings is 1. The Hall–Kier alpha value is -6.29. The Labute approximate surface area is 390 Å². The van der Waals surface area contributed by atoms with Gasteiger partial charge in [-0.3, -0.25) is 34.1 Å². The van der Waals surface area contributed by atoms with Crippen LogP contribution in [0.5, 0.6) is 0 Å². The highest BCUT2D eigenvalue weighted by Crippen LogP contribution is 2.34. The van der Waals surface area contributed by atoms with E-state index in [1.807, 2.05) is 16.9 Å². The lowest BCUT2D eigenvalue weighted by Crippen LogP contribution is -2.52. The molecule has 0 unspecified atom stereocenters. The van der Waals surface area contributed by atoms with E-state index in [1.54, 1.807) is 29.6 Å². The van der Waals surface area contributed by atoms with Crippen molar-refractivity contribution in [1.29, 1.82) is 0 Å². The molecule has 8 heterocycles. The number of amides is 3. The number of ketones is 1. The number of aromatic amines is 1. The number of nitrogens with zero attached hydrogens (tertiary/aromatic N) is 8. The monoisotopic (exact) mass is 953 g/mol. The van der Waals surface area contributed by atoms with Gasteiger partial charge < -0.3 is 19.7 Å². The number of fused-ring (bicyclic) bond motifs is 2. The Morgan fingerprint density at radius 3 is 2.37 bits per heavy atom. The van der Waals surface area contributed by atoms with Crippen molar-refractivity contribution in [3.8, 4) is 11.1 Å². The predicted octanol–water partition coefficient (Wildman–Crippen LogP) is 4.59. The molecule has 0 radical (unpaired) electrons. The first-order chi connectivity index (χ1) is 32.7. The molecule has 5 aromatic rings. The summed E-state index contributed by atoms with van der Waals surface area (Å²) in [4.78, 5) is 76.6. The summed E-state index contributed by atoms with van der Waals surface area (Å²) in [6, 6.07) is 8.59. The molecule has 5 aliphatic rings. The molecule has 3 aromatic heterocycles. The van der Waals surface area contributed by atoms with Crippen LogP contribution in [-0.4, -0.2) is 142 Å². The Balaban J connectivity index is 0.723. The Morgan fingerprint density at radius 1 is 0.897 bits per heavy atom. The van der Waals surface area contributed by atoms with E-state index in [0.717, 1.165) is 86.3 Å². The molecular formula is C47H50F3N11O6S. The van der Waals surface area contributed by atoms with Crippen LogP contribution in [0, 0.1) is 17.6 Å². The summed E-state index contributed by atoms with van der Waals surface area (Å²) in [7, 11) is -4.37. The quantitative estimate of drug-likeness (QED) is 0.117. The molecule has 3 atom stereocenters. The van der Waals surface area contributed by atoms with E-state index in [0.29, 0.717) is 41.4 Å². The zero-order chi connectivity index (χ0) is 47.4. The molecule has 0 aliphatic carbocycles. The van der Waals surface area contributed by atoms with Crippen molar-refractivity contribution in [1.82, 2.24) is 44.3 Å². The standard InChI is InChI=1S/C47H50F3N11O6S/c1-27(58-16-14-57(15-17-58)24-28-8-11-59(12-9-28)33-2-3-34-30(18-33)25-61(47(34)65)39-6-7-40(62)55-46(39)64)44-51-21-31(22-52-44)29-19-35-36(23-54-45(35)53-20-29)43(63)41-37(49)4-5-38(42(41)50)56-68(66,67)60-13-10-32(48)26-60/h2-5,18-23,27-28,32,39,56H,6-17,24-26H2,1H3,(H,53,54)(H,55,62,64)/t27-,32+,39-/m0/s1. The van der Waals surface area contributed by atoms with Crippen LogP contribution in [-0.2, 0) is 26.3 Å². The van der Waals surface area contributed by atoms with Crippen molar-refractivity contribution in [2.75, 3.05) is 68.5 Å². The number of rotatable bonds is 12. The van der Waals surface area contributed by atoms with Crippen molar-refractivity contribution >= 4 is 56.1 Å². The minimum absolute atomic E-state index is 0.00388. The molecule has 0 saturated carbocycles. The molecule has 21 heteroatoms. The SMILES string of the molecule is C[C@@H](c1ncc(-c2cnc3[nH]cc(C(=O)c4c(F)ccc(NS(=O)(=O)N5CC[C@@H](F)C5)c4F)c3c2)cn1)N1CCN(CC2CCN(c3ccc4c(c3)CN([C@H]3CCC(=O)NC3=O)C4=O)CC2)CC1. The van der Waals surface area contributed by atoms with Crippen molar-refractivity contribution < 1.29 is 40.8 Å². The summed E-state index contributed by atoms with van der Waals surface area (Å²) in [5.74, 6) is -3.28. The number of hydrogen-bond donors (Lipinski definition) is 3. The van der Waals surface area contributed by atoms with E-state index in [4.69, 9.17) is 9.97 Å². The highest BCUT2D eigenvalue weighted by Gasteiger charge is 2.40. The summed E-state index contributed by atoms with van der Waals surface area (Å²) in [5, 5.41) is 2.64. The number of H-pyrrole nitrogens is 1. The van der Waals surface area contributed by atoms with Crippen LogP contribution in [0.1, 0.15) is 82.7 Å². The van der Waals surface area contributed by atoms with E-state index in [1.165, 1.54) is 6.20 Å². The third-order valence-electron chi connectivity index (χ3n) is 14.1. The molecule has 4 fully saturated rings. The molecule has 2 aromatic carbocycles. The average Bonchev–Trinajstić information content (AvgIpc) is 4.07. The van der Waals surface area contributed by atoms with Crippen molar-refractivity contribution in [3.05, 3.63) is 101 Å². The van der Waals surface area contributed by atoms with Crippen LogP contribution in [0.15, 0.2) is 61.2 Å². The van der Waals surface area contributed by atoms with E-state index in [9.17, 15) is 32.0 Å². The number of anilines is 2. The van der Waals surface area contributed by atoms with Crippen molar-refractivity contribution in [3.63, 3.8) is 0 Å². The zero-order valence-electron chi connectivity index (χ0n) is 37.3. The topological polar surface area (TPSA) is 197 Å². The lowest BCUT2D eigenvalue weighted by Gasteiger charge is -2.40. The minimum atomic E-state index is -4.37. The Kier molecular flexibility index (Phi) is 12.3. The van der Waals surface area contributed by atoms with Crippen LogP contribution in [0.4, 0.5) is 24.5 Å². The molecule has 3 N–H and O–H groups in total. The molecule has 10 rings (SSSR count).